The number of alkyl halides is 3. The van der Waals surface area contributed by atoms with E-state index in [9.17, 15) is 22.4 Å². The van der Waals surface area contributed by atoms with Gasteiger partial charge in [0.1, 0.15) is 17.4 Å². The minimum Gasteiger partial charge on any atom is -0.482 e. The predicted molar refractivity (Wildman–Crippen MR) is 98.3 cm³/mol. The van der Waals surface area contributed by atoms with Crippen LogP contribution >= 0.6 is 11.6 Å². The summed E-state index contributed by atoms with van der Waals surface area (Å²) in [4.78, 5) is 12.1. The van der Waals surface area contributed by atoms with Crippen molar-refractivity contribution >= 4 is 23.3 Å². The van der Waals surface area contributed by atoms with E-state index in [0.29, 0.717) is 11.4 Å². The van der Waals surface area contributed by atoms with Gasteiger partial charge in [-0.1, -0.05) is 23.7 Å². The molecule has 1 amide bonds. The van der Waals surface area contributed by atoms with E-state index in [0.717, 1.165) is 24.3 Å². The molecular formula is C19H14ClF4N3O2. The first-order chi connectivity index (χ1) is 13.7. The lowest BCUT2D eigenvalue weighted by atomic mass is 10.1. The quantitative estimate of drug-likeness (QED) is 0.577. The maximum Gasteiger partial charge on any atom is 0.416 e. The summed E-state index contributed by atoms with van der Waals surface area (Å²) < 4.78 is 57.6. The summed E-state index contributed by atoms with van der Waals surface area (Å²) in [6.07, 6.45) is -2.96. The van der Waals surface area contributed by atoms with Gasteiger partial charge in [0, 0.05) is 6.07 Å². The molecule has 0 aliphatic heterocycles. The monoisotopic (exact) mass is 427 g/mol. The van der Waals surface area contributed by atoms with Crippen LogP contribution in [0.3, 0.4) is 0 Å². The number of aromatic nitrogens is 2. The van der Waals surface area contributed by atoms with Crippen LogP contribution in [0.25, 0.3) is 0 Å². The third-order valence-electron chi connectivity index (χ3n) is 3.85. The fraction of sp³-hybridized carbons (Fsp3) is 0.158. The van der Waals surface area contributed by atoms with Crippen molar-refractivity contribution < 1.29 is 27.1 Å². The second kappa shape index (κ2) is 8.52. The fourth-order valence-electron chi connectivity index (χ4n) is 2.45. The Labute approximate surface area is 167 Å². The normalized spacial score (nSPS) is 11.3. The number of hydrogen-bond donors (Lipinski definition) is 1. The molecule has 3 rings (SSSR count). The van der Waals surface area contributed by atoms with E-state index in [2.05, 4.69) is 10.4 Å². The second-order valence-corrected chi connectivity index (χ2v) is 6.39. The van der Waals surface area contributed by atoms with Crippen LogP contribution < -0.4 is 10.1 Å². The first kappa shape index (κ1) is 20.7. The molecule has 29 heavy (non-hydrogen) atoms. The molecule has 0 saturated heterocycles. The highest BCUT2D eigenvalue weighted by Gasteiger charge is 2.29. The number of hydrogen-bond acceptors (Lipinski definition) is 3. The Morgan fingerprint density at radius 3 is 2.52 bits per heavy atom. The zero-order valence-electron chi connectivity index (χ0n) is 14.7. The lowest BCUT2D eigenvalue weighted by molar-refractivity contribution is -0.137. The van der Waals surface area contributed by atoms with Crippen LogP contribution in [-0.4, -0.2) is 22.3 Å². The van der Waals surface area contributed by atoms with Crippen molar-refractivity contribution in [2.75, 3.05) is 11.9 Å². The van der Waals surface area contributed by atoms with Crippen molar-refractivity contribution in [3.05, 3.63) is 76.7 Å². The molecule has 0 aliphatic carbocycles. The first-order valence-electron chi connectivity index (χ1n) is 8.28. The molecule has 0 fully saturated rings. The largest absolute Gasteiger partial charge is 0.482 e. The third-order valence-corrected chi connectivity index (χ3v) is 4.15. The molecule has 0 aliphatic rings. The van der Waals surface area contributed by atoms with E-state index >= 15 is 0 Å². The Kier molecular flexibility index (Phi) is 6.07. The summed E-state index contributed by atoms with van der Waals surface area (Å²) in [5.74, 6) is -0.552. The smallest absolute Gasteiger partial charge is 0.416 e. The lowest BCUT2D eigenvalue weighted by Crippen LogP contribution is -2.22. The van der Waals surface area contributed by atoms with E-state index in [-0.39, 0.29) is 23.9 Å². The molecule has 1 N–H and O–H groups in total. The maximum atomic E-state index is 13.0. The summed E-state index contributed by atoms with van der Waals surface area (Å²) >= 11 is 5.83. The van der Waals surface area contributed by atoms with Gasteiger partial charge in [-0.15, -0.1) is 0 Å². The highest BCUT2D eigenvalue weighted by atomic mass is 35.5. The van der Waals surface area contributed by atoms with Gasteiger partial charge in [-0.3, -0.25) is 4.79 Å². The maximum absolute atomic E-state index is 13.0. The predicted octanol–water partition coefficient (Wildman–Crippen LogP) is 4.76. The van der Waals surface area contributed by atoms with Crippen molar-refractivity contribution in [2.24, 2.45) is 0 Å². The minimum absolute atomic E-state index is 0.0325. The Morgan fingerprint density at radius 2 is 1.86 bits per heavy atom. The van der Waals surface area contributed by atoms with Crippen molar-refractivity contribution in [3.8, 4) is 5.75 Å². The number of ether oxygens (including phenoxy) is 1. The molecule has 0 saturated carbocycles. The molecule has 1 heterocycles. The molecule has 5 nitrogen and oxygen atoms in total. The minimum atomic E-state index is -4.41. The molecule has 0 unspecified atom stereocenters. The van der Waals surface area contributed by atoms with Gasteiger partial charge in [0.2, 0.25) is 0 Å². The van der Waals surface area contributed by atoms with E-state index in [1.165, 1.54) is 35.1 Å². The van der Waals surface area contributed by atoms with Crippen molar-refractivity contribution in [3.63, 3.8) is 0 Å². The zero-order valence-corrected chi connectivity index (χ0v) is 15.5. The molecule has 0 bridgehead atoms. The molecule has 0 atom stereocenters. The second-order valence-electron chi connectivity index (χ2n) is 5.98. The molecule has 3 aromatic rings. The number of amides is 1. The van der Waals surface area contributed by atoms with E-state index in [1.54, 1.807) is 0 Å². The Balaban J connectivity index is 1.60. The van der Waals surface area contributed by atoms with Crippen LogP contribution in [0.4, 0.5) is 23.4 Å². The number of nitrogens with one attached hydrogen (secondary N) is 1. The standard InChI is InChI=1S/C19H14ClF4N3O2/c20-15-9-14(21)5-6-16(15)29-11-18(28)26-17-7-8-25-27(17)10-12-1-3-13(4-2-12)19(22,23)24/h1-9H,10-11H2,(H,26,28). The van der Waals surface area contributed by atoms with E-state index in [4.69, 9.17) is 16.3 Å². The van der Waals surface area contributed by atoms with Crippen molar-refractivity contribution in [1.82, 2.24) is 9.78 Å². The number of halogens is 5. The van der Waals surface area contributed by atoms with Crippen LogP contribution in [0.5, 0.6) is 5.75 Å². The summed E-state index contributed by atoms with van der Waals surface area (Å²) in [7, 11) is 0. The molecule has 10 heteroatoms. The van der Waals surface area contributed by atoms with Gasteiger partial charge >= 0.3 is 6.18 Å². The fourth-order valence-corrected chi connectivity index (χ4v) is 2.67. The summed E-state index contributed by atoms with van der Waals surface area (Å²) in [5.41, 5.74) is -0.168. The van der Waals surface area contributed by atoms with Crippen LogP contribution in [0, 0.1) is 5.82 Å². The Morgan fingerprint density at radius 1 is 1.14 bits per heavy atom. The van der Waals surface area contributed by atoms with Gasteiger partial charge in [0.25, 0.3) is 5.91 Å². The molecule has 1 aromatic heterocycles. The van der Waals surface area contributed by atoms with Gasteiger partial charge in [-0.2, -0.15) is 18.3 Å². The summed E-state index contributed by atoms with van der Waals surface area (Å²) in [6.45, 7) is -0.220. The molecule has 152 valence electrons. The Bertz CT molecular complexity index is 1000. The van der Waals surface area contributed by atoms with Crippen LogP contribution in [0.1, 0.15) is 11.1 Å². The molecular weight excluding hydrogens is 414 g/mol. The SMILES string of the molecule is O=C(COc1ccc(F)cc1Cl)Nc1ccnn1Cc1ccc(C(F)(F)F)cc1. The summed E-state index contributed by atoms with van der Waals surface area (Å²) in [6, 6.07) is 9.71. The third kappa shape index (κ3) is 5.47. The first-order valence-corrected chi connectivity index (χ1v) is 8.66. The number of carbonyl (C=O) groups excluding carboxylic acids is 1. The average molecular weight is 428 g/mol. The number of rotatable bonds is 6. The van der Waals surface area contributed by atoms with Crippen LogP contribution in [0.15, 0.2) is 54.7 Å². The van der Waals surface area contributed by atoms with Gasteiger partial charge in [0.15, 0.2) is 6.61 Å². The van der Waals surface area contributed by atoms with Gasteiger partial charge in [0.05, 0.1) is 23.3 Å². The van der Waals surface area contributed by atoms with Crippen LogP contribution in [0.2, 0.25) is 5.02 Å². The molecule has 0 radical (unpaired) electrons. The number of anilines is 1. The number of benzene rings is 2. The van der Waals surface area contributed by atoms with Crippen molar-refractivity contribution in [1.29, 1.82) is 0 Å². The van der Waals surface area contributed by atoms with Gasteiger partial charge < -0.3 is 10.1 Å². The van der Waals surface area contributed by atoms with Gasteiger partial charge in [-0.25, -0.2) is 9.07 Å². The number of nitrogens with zero attached hydrogens (tertiary/aromatic N) is 2. The molecule has 2 aromatic carbocycles. The Hall–Kier alpha value is -3.07. The van der Waals surface area contributed by atoms with E-state index in [1.807, 2.05) is 0 Å². The topological polar surface area (TPSA) is 56.1 Å². The van der Waals surface area contributed by atoms with E-state index < -0.39 is 23.5 Å². The highest BCUT2D eigenvalue weighted by Crippen LogP contribution is 2.29. The van der Waals surface area contributed by atoms with Crippen molar-refractivity contribution in [2.45, 2.75) is 12.7 Å². The zero-order chi connectivity index (χ0) is 21.0. The highest BCUT2D eigenvalue weighted by molar-refractivity contribution is 6.32. The summed E-state index contributed by atoms with van der Waals surface area (Å²) in [5, 5.41) is 6.67. The molecule has 0 spiro atoms. The number of carbonyl (C=O) groups is 1. The average Bonchev–Trinajstić information content (AvgIpc) is 3.07. The lowest BCUT2D eigenvalue weighted by Gasteiger charge is -2.11. The van der Waals surface area contributed by atoms with Gasteiger partial charge in [-0.05, 0) is 35.9 Å². The van der Waals surface area contributed by atoms with Crippen LogP contribution in [-0.2, 0) is 17.5 Å².